The third kappa shape index (κ3) is 3.22. The molecule has 1 aliphatic carbocycles. The van der Waals surface area contributed by atoms with Crippen molar-refractivity contribution in [1.29, 1.82) is 0 Å². The number of nitrogens with one attached hydrogen (secondary N) is 1. The number of hydrogen-bond acceptors (Lipinski definition) is 3. The van der Waals surface area contributed by atoms with Crippen LogP contribution < -0.4 is 5.32 Å². The highest BCUT2D eigenvalue weighted by Crippen LogP contribution is 2.30. The van der Waals surface area contributed by atoms with Crippen LogP contribution in [0, 0.1) is 13.8 Å². The van der Waals surface area contributed by atoms with Crippen molar-refractivity contribution in [2.75, 3.05) is 13.7 Å². The number of hydrogen-bond donors (Lipinski definition) is 1. The van der Waals surface area contributed by atoms with Gasteiger partial charge in [0.05, 0.1) is 12.2 Å². The molecule has 0 heterocycles. The standard InChI is InChI=1S/C17H27NO2/c1-6-20-16-10-15(17(16)19-5)18-13(4)14-9-11(2)7-8-12(14)3/h7-9,13,15-18H,6,10H2,1-5H3. The maximum absolute atomic E-state index is 5.68. The molecular weight excluding hydrogens is 250 g/mol. The molecule has 3 heteroatoms. The van der Waals surface area contributed by atoms with E-state index in [1.165, 1.54) is 16.7 Å². The van der Waals surface area contributed by atoms with Crippen molar-refractivity contribution in [3.63, 3.8) is 0 Å². The van der Waals surface area contributed by atoms with Gasteiger partial charge in [-0.25, -0.2) is 0 Å². The number of benzene rings is 1. The highest BCUT2D eigenvalue weighted by Gasteiger charge is 2.42. The molecule has 0 aromatic heterocycles. The van der Waals surface area contributed by atoms with Crippen molar-refractivity contribution in [1.82, 2.24) is 5.32 Å². The normalized spacial score (nSPS) is 27.1. The van der Waals surface area contributed by atoms with Gasteiger partial charge in [-0.15, -0.1) is 0 Å². The van der Waals surface area contributed by atoms with Crippen LogP contribution in [-0.2, 0) is 9.47 Å². The summed E-state index contributed by atoms with van der Waals surface area (Å²) in [6.07, 6.45) is 1.44. The van der Waals surface area contributed by atoms with E-state index in [0.29, 0.717) is 12.1 Å². The molecule has 0 bridgehead atoms. The molecular formula is C17H27NO2. The van der Waals surface area contributed by atoms with Gasteiger partial charge in [-0.1, -0.05) is 23.8 Å². The summed E-state index contributed by atoms with van der Waals surface area (Å²) in [7, 11) is 1.77. The zero-order valence-electron chi connectivity index (χ0n) is 13.3. The molecule has 112 valence electrons. The third-order valence-corrected chi connectivity index (χ3v) is 4.27. The first-order chi connectivity index (χ1) is 9.56. The van der Waals surface area contributed by atoms with E-state index < -0.39 is 0 Å². The minimum absolute atomic E-state index is 0.169. The van der Waals surface area contributed by atoms with E-state index in [2.05, 4.69) is 44.3 Å². The fourth-order valence-corrected chi connectivity index (χ4v) is 3.07. The lowest BCUT2D eigenvalue weighted by molar-refractivity contribution is -0.133. The van der Waals surface area contributed by atoms with Crippen LogP contribution in [0.4, 0.5) is 0 Å². The molecule has 0 amide bonds. The maximum Gasteiger partial charge on any atom is 0.0987 e. The smallest absolute Gasteiger partial charge is 0.0987 e. The monoisotopic (exact) mass is 277 g/mol. The lowest BCUT2D eigenvalue weighted by atomic mass is 9.84. The molecule has 0 spiro atoms. The van der Waals surface area contributed by atoms with Crippen LogP contribution in [0.3, 0.4) is 0 Å². The summed E-state index contributed by atoms with van der Waals surface area (Å²) >= 11 is 0. The van der Waals surface area contributed by atoms with Gasteiger partial charge in [0.2, 0.25) is 0 Å². The Balaban J connectivity index is 1.98. The number of rotatable bonds is 6. The number of methoxy groups -OCH3 is 1. The van der Waals surface area contributed by atoms with E-state index in [-0.39, 0.29) is 12.2 Å². The summed E-state index contributed by atoms with van der Waals surface area (Å²) < 4.78 is 11.2. The fourth-order valence-electron chi connectivity index (χ4n) is 3.07. The van der Waals surface area contributed by atoms with Crippen LogP contribution in [0.1, 0.15) is 43.0 Å². The van der Waals surface area contributed by atoms with Crippen molar-refractivity contribution in [2.45, 2.75) is 58.4 Å². The summed E-state index contributed by atoms with van der Waals surface area (Å²) in [6, 6.07) is 7.35. The van der Waals surface area contributed by atoms with Crippen molar-refractivity contribution < 1.29 is 9.47 Å². The summed E-state index contributed by atoms with van der Waals surface area (Å²) in [5.74, 6) is 0. The van der Waals surface area contributed by atoms with Crippen LogP contribution in [-0.4, -0.2) is 32.0 Å². The summed E-state index contributed by atoms with van der Waals surface area (Å²) in [4.78, 5) is 0. The van der Waals surface area contributed by atoms with Crippen molar-refractivity contribution >= 4 is 0 Å². The molecule has 1 aliphatic rings. The Kier molecular flexibility index (Phi) is 5.19. The Hall–Kier alpha value is -0.900. The van der Waals surface area contributed by atoms with Crippen LogP contribution >= 0.6 is 0 Å². The molecule has 1 saturated carbocycles. The average molecular weight is 277 g/mol. The second kappa shape index (κ2) is 6.70. The Labute approximate surface area is 122 Å². The Bertz CT molecular complexity index is 447. The number of ether oxygens (including phenoxy) is 2. The lowest BCUT2D eigenvalue weighted by Gasteiger charge is -2.44. The molecule has 0 radical (unpaired) electrons. The molecule has 3 nitrogen and oxygen atoms in total. The second-order valence-corrected chi connectivity index (χ2v) is 5.78. The first-order valence-corrected chi connectivity index (χ1v) is 7.54. The van der Waals surface area contributed by atoms with E-state index in [1.807, 2.05) is 6.92 Å². The highest BCUT2D eigenvalue weighted by molar-refractivity contribution is 5.32. The first-order valence-electron chi connectivity index (χ1n) is 7.54. The fraction of sp³-hybridized carbons (Fsp3) is 0.647. The minimum Gasteiger partial charge on any atom is -0.377 e. The summed E-state index contributed by atoms with van der Waals surface area (Å²) in [6.45, 7) is 9.32. The van der Waals surface area contributed by atoms with Gasteiger partial charge in [0.25, 0.3) is 0 Å². The third-order valence-electron chi connectivity index (χ3n) is 4.27. The van der Waals surface area contributed by atoms with Gasteiger partial charge in [-0.2, -0.15) is 0 Å². The number of aryl methyl sites for hydroxylation is 2. The van der Waals surface area contributed by atoms with Crippen LogP contribution in [0.5, 0.6) is 0 Å². The molecule has 1 N–H and O–H groups in total. The van der Waals surface area contributed by atoms with Gasteiger partial charge in [0.15, 0.2) is 0 Å². The largest absolute Gasteiger partial charge is 0.377 e. The van der Waals surface area contributed by atoms with Gasteiger partial charge < -0.3 is 14.8 Å². The Morgan fingerprint density at radius 3 is 2.75 bits per heavy atom. The van der Waals surface area contributed by atoms with Crippen LogP contribution in [0.15, 0.2) is 18.2 Å². The van der Waals surface area contributed by atoms with Gasteiger partial charge in [0.1, 0.15) is 0 Å². The molecule has 0 saturated heterocycles. The molecule has 4 unspecified atom stereocenters. The molecule has 1 aromatic rings. The van der Waals surface area contributed by atoms with Gasteiger partial charge in [0, 0.05) is 25.8 Å². The van der Waals surface area contributed by atoms with Crippen molar-refractivity contribution in [3.05, 3.63) is 34.9 Å². The molecule has 4 atom stereocenters. The maximum atomic E-state index is 5.68. The van der Waals surface area contributed by atoms with Gasteiger partial charge in [-0.3, -0.25) is 0 Å². The summed E-state index contributed by atoms with van der Waals surface area (Å²) in [5, 5.41) is 3.69. The summed E-state index contributed by atoms with van der Waals surface area (Å²) in [5.41, 5.74) is 4.02. The topological polar surface area (TPSA) is 30.5 Å². The Morgan fingerprint density at radius 2 is 2.10 bits per heavy atom. The molecule has 1 aromatic carbocycles. The van der Waals surface area contributed by atoms with Crippen molar-refractivity contribution in [3.8, 4) is 0 Å². The average Bonchev–Trinajstić information content (AvgIpc) is 2.40. The SMILES string of the molecule is CCOC1CC(NC(C)c2cc(C)ccc2C)C1OC. The van der Waals surface area contributed by atoms with E-state index in [0.717, 1.165) is 13.0 Å². The quantitative estimate of drug-likeness (QED) is 0.866. The van der Waals surface area contributed by atoms with Gasteiger partial charge >= 0.3 is 0 Å². The molecule has 2 rings (SSSR count). The lowest BCUT2D eigenvalue weighted by Crippen LogP contribution is -2.60. The zero-order valence-corrected chi connectivity index (χ0v) is 13.3. The van der Waals surface area contributed by atoms with E-state index in [9.17, 15) is 0 Å². The highest BCUT2D eigenvalue weighted by atomic mass is 16.5. The van der Waals surface area contributed by atoms with Crippen molar-refractivity contribution in [2.24, 2.45) is 0 Å². The van der Waals surface area contributed by atoms with E-state index in [4.69, 9.17) is 9.47 Å². The molecule has 20 heavy (non-hydrogen) atoms. The van der Waals surface area contributed by atoms with Crippen LogP contribution in [0.2, 0.25) is 0 Å². The van der Waals surface area contributed by atoms with Gasteiger partial charge in [-0.05, 0) is 45.2 Å². The molecule has 0 aliphatic heterocycles. The predicted molar refractivity (Wildman–Crippen MR) is 82.1 cm³/mol. The van der Waals surface area contributed by atoms with E-state index in [1.54, 1.807) is 7.11 Å². The minimum atomic E-state index is 0.169. The van der Waals surface area contributed by atoms with E-state index >= 15 is 0 Å². The Morgan fingerprint density at radius 1 is 1.35 bits per heavy atom. The first kappa shape index (κ1) is 15.5. The molecule has 1 fully saturated rings. The zero-order chi connectivity index (χ0) is 14.7. The second-order valence-electron chi connectivity index (χ2n) is 5.78. The van der Waals surface area contributed by atoms with Crippen LogP contribution in [0.25, 0.3) is 0 Å². The predicted octanol–water partition coefficient (Wildman–Crippen LogP) is 3.15.